The monoisotopic (exact) mass is 635 g/mol. The summed E-state index contributed by atoms with van der Waals surface area (Å²) in [6, 6.07) is 25.8. The zero-order valence-corrected chi connectivity index (χ0v) is 28.1. The van der Waals surface area contributed by atoms with E-state index >= 15 is 0 Å². The molecule has 0 unspecified atom stereocenters. The van der Waals surface area contributed by atoms with Crippen LogP contribution in [0.15, 0.2) is 84.9 Å². The van der Waals surface area contributed by atoms with Gasteiger partial charge in [-0.15, -0.1) is 0 Å². The quantitative estimate of drug-likeness (QED) is 0.340. The molecule has 0 radical (unpaired) electrons. The third-order valence-corrected chi connectivity index (χ3v) is 11.4. The summed E-state index contributed by atoms with van der Waals surface area (Å²) in [6.07, 6.45) is 9.30. The van der Waals surface area contributed by atoms with Crippen molar-refractivity contribution in [2.75, 3.05) is 45.2 Å². The van der Waals surface area contributed by atoms with Crippen LogP contribution in [-0.2, 0) is 23.1 Å². The number of aliphatic hydroxyl groups is 1. The molecule has 2 saturated heterocycles. The van der Waals surface area contributed by atoms with Crippen LogP contribution in [0, 0.1) is 5.92 Å². The van der Waals surface area contributed by atoms with Crippen LogP contribution in [0.2, 0.25) is 0 Å². The minimum Gasteiger partial charge on any atom is -0.493 e. The van der Waals surface area contributed by atoms with Gasteiger partial charge in [0.05, 0.1) is 7.11 Å². The number of hydrogen-bond acceptors (Lipinski definition) is 6. The summed E-state index contributed by atoms with van der Waals surface area (Å²) >= 11 is 0. The fourth-order valence-electron chi connectivity index (χ4n) is 9.04. The second kappa shape index (κ2) is 13.5. The third-order valence-electron chi connectivity index (χ3n) is 11.4. The average Bonchev–Trinajstić information content (AvgIpc) is 3.47. The standard InChI is InChI=1S/C22H28N2O.C18H21NO3/c1-2-22(25)24(20-11-7-4-8-12-20)21-14-17-23(18-15-21)16-13-19-9-5-3-6-10-19;1-19-8-7-18-11-4-5-13(20)17(18)22-16-14(21-2)6-3-10(15(16)18)9-12(11)19/h3-12,21H,2,13-18H2,1H3;3-6,11-13,17,20H,7-9H2,1-2H3/t;11-,12+,13-,17-,18-/m.0/s1. The predicted molar refractivity (Wildman–Crippen MR) is 186 cm³/mol. The topological polar surface area (TPSA) is 65.5 Å². The first-order valence-electron chi connectivity index (χ1n) is 17.5. The maximum absolute atomic E-state index is 12.5. The third kappa shape index (κ3) is 5.77. The Bertz CT molecular complexity index is 1570. The number of anilines is 1. The molecule has 0 saturated carbocycles. The Hall–Kier alpha value is -3.65. The Labute approximate surface area is 279 Å². The molecule has 3 aromatic rings. The second-order valence-electron chi connectivity index (χ2n) is 13.9. The van der Waals surface area contributed by atoms with Gasteiger partial charge in [-0.05, 0) is 75.0 Å². The smallest absolute Gasteiger partial charge is 0.226 e. The number of piperidine rings is 2. The Kier molecular flexibility index (Phi) is 9.14. The van der Waals surface area contributed by atoms with Crippen LogP contribution in [0.3, 0.4) is 0 Å². The number of likely N-dealkylation sites (tertiary alicyclic amines) is 2. The fraction of sp³-hybridized carbons (Fsp3) is 0.475. The van der Waals surface area contributed by atoms with E-state index in [9.17, 15) is 9.90 Å². The summed E-state index contributed by atoms with van der Waals surface area (Å²) in [5, 5.41) is 10.6. The fourth-order valence-corrected chi connectivity index (χ4v) is 9.04. The van der Waals surface area contributed by atoms with Crippen molar-refractivity contribution in [1.82, 2.24) is 9.80 Å². The van der Waals surface area contributed by atoms with Crippen molar-refractivity contribution in [3.8, 4) is 11.5 Å². The van der Waals surface area contributed by atoms with Crippen LogP contribution in [0.1, 0.15) is 49.3 Å². The number of methoxy groups -OCH3 is 1. The minimum absolute atomic E-state index is 0.0806. The molecule has 3 aliphatic heterocycles. The molecule has 2 bridgehead atoms. The molecule has 47 heavy (non-hydrogen) atoms. The van der Waals surface area contributed by atoms with Crippen molar-refractivity contribution in [1.29, 1.82) is 0 Å². The maximum atomic E-state index is 12.5. The van der Waals surface area contributed by atoms with Crippen LogP contribution in [0.25, 0.3) is 0 Å². The summed E-state index contributed by atoms with van der Waals surface area (Å²) in [5.74, 6) is 2.32. The summed E-state index contributed by atoms with van der Waals surface area (Å²) in [6.45, 7) is 6.24. The van der Waals surface area contributed by atoms with Crippen molar-refractivity contribution in [3.05, 3.63) is 102 Å². The van der Waals surface area contributed by atoms with E-state index in [2.05, 4.69) is 71.5 Å². The van der Waals surface area contributed by atoms with Crippen LogP contribution >= 0.6 is 0 Å². The van der Waals surface area contributed by atoms with E-state index in [0.29, 0.717) is 24.4 Å². The summed E-state index contributed by atoms with van der Waals surface area (Å²) < 4.78 is 11.8. The van der Waals surface area contributed by atoms with Gasteiger partial charge in [0.1, 0.15) is 12.2 Å². The molecule has 0 aromatic heterocycles. The lowest BCUT2D eigenvalue weighted by Gasteiger charge is -2.56. The average molecular weight is 636 g/mol. The van der Waals surface area contributed by atoms with Gasteiger partial charge in [0.15, 0.2) is 11.5 Å². The number of amides is 1. The summed E-state index contributed by atoms with van der Waals surface area (Å²) in [5.41, 5.74) is 5.04. The molecule has 3 aromatic carbocycles. The molecular weight excluding hydrogens is 586 g/mol. The SMILES string of the molecule is CCC(=O)N(c1ccccc1)C1CCN(CCc2ccccc2)CC1.COc1ccc2c3c1O[C@H]1[C@@H](O)C=C[C@H]4[C@@H](C2)N(C)CC[C@@]341. The normalized spacial score (nSPS) is 27.7. The molecule has 3 heterocycles. The molecular formula is C40H49N3O4. The predicted octanol–water partition coefficient (Wildman–Crippen LogP) is 5.64. The highest BCUT2D eigenvalue weighted by molar-refractivity contribution is 5.93. The largest absolute Gasteiger partial charge is 0.493 e. The Morgan fingerprint density at radius 3 is 2.43 bits per heavy atom. The van der Waals surface area contributed by atoms with Gasteiger partial charge in [-0.2, -0.15) is 0 Å². The van der Waals surface area contributed by atoms with Crippen molar-refractivity contribution < 1.29 is 19.4 Å². The van der Waals surface area contributed by atoms with Gasteiger partial charge in [-0.1, -0.05) is 73.7 Å². The number of likely N-dealkylation sites (N-methyl/N-ethyl adjacent to an activating group) is 1. The Morgan fingerprint density at radius 1 is 1.00 bits per heavy atom. The van der Waals surface area contributed by atoms with Gasteiger partial charge in [-0.25, -0.2) is 0 Å². The molecule has 5 atom stereocenters. The Morgan fingerprint density at radius 2 is 1.72 bits per heavy atom. The number of ether oxygens (including phenoxy) is 2. The molecule has 7 heteroatoms. The first kappa shape index (κ1) is 31.9. The van der Waals surface area contributed by atoms with Gasteiger partial charge in [0.2, 0.25) is 5.91 Å². The maximum Gasteiger partial charge on any atom is 0.226 e. The van der Waals surface area contributed by atoms with Crippen LogP contribution < -0.4 is 14.4 Å². The van der Waals surface area contributed by atoms with Crippen LogP contribution in [0.5, 0.6) is 11.5 Å². The molecule has 8 rings (SSSR count). The van der Waals surface area contributed by atoms with Gasteiger partial charge >= 0.3 is 0 Å². The van der Waals surface area contributed by atoms with E-state index in [-0.39, 0.29) is 17.4 Å². The lowest BCUT2D eigenvalue weighted by molar-refractivity contribution is -0.119. The number of carbonyl (C=O) groups is 1. The number of nitrogens with zero attached hydrogens (tertiary/aromatic N) is 3. The van der Waals surface area contributed by atoms with Crippen molar-refractivity contribution >= 4 is 11.6 Å². The van der Waals surface area contributed by atoms with E-state index in [0.717, 1.165) is 75.5 Å². The number of rotatable bonds is 7. The second-order valence-corrected chi connectivity index (χ2v) is 13.9. The first-order chi connectivity index (χ1) is 22.9. The summed E-state index contributed by atoms with van der Waals surface area (Å²) in [7, 11) is 3.91. The van der Waals surface area contributed by atoms with Gasteiger partial charge in [0, 0.05) is 60.7 Å². The highest BCUT2D eigenvalue weighted by Gasteiger charge is 2.64. The van der Waals surface area contributed by atoms with Crippen molar-refractivity contribution in [2.45, 2.75) is 75.2 Å². The molecule has 1 amide bonds. The van der Waals surface area contributed by atoms with E-state index in [1.54, 1.807) is 7.11 Å². The number of hydrogen-bond donors (Lipinski definition) is 1. The highest BCUT2D eigenvalue weighted by Crippen LogP contribution is 2.62. The van der Waals surface area contributed by atoms with E-state index in [1.165, 1.54) is 16.7 Å². The number of benzene rings is 3. The summed E-state index contributed by atoms with van der Waals surface area (Å²) in [4.78, 5) is 19.6. The molecule has 5 aliphatic rings. The van der Waals surface area contributed by atoms with Gasteiger partial charge < -0.3 is 29.3 Å². The molecule has 2 fully saturated rings. The van der Waals surface area contributed by atoms with Gasteiger partial charge in [0.25, 0.3) is 0 Å². The minimum atomic E-state index is -0.539. The van der Waals surface area contributed by atoms with E-state index in [1.807, 2.05) is 42.2 Å². The lowest BCUT2D eigenvalue weighted by atomic mass is 9.53. The van der Waals surface area contributed by atoms with Gasteiger partial charge in [-0.3, -0.25) is 4.79 Å². The van der Waals surface area contributed by atoms with Crippen molar-refractivity contribution in [3.63, 3.8) is 0 Å². The van der Waals surface area contributed by atoms with Crippen LogP contribution in [0.4, 0.5) is 5.69 Å². The molecule has 1 spiro atoms. The number of aliphatic hydroxyl groups excluding tert-OH is 1. The zero-order valence-electron chi connectivity index (χ0n) is 28.1. The zero-order chi connectivity index (χ0) is 32.5. The molecule has 2 aliphatic carbocycles. The first-order valence-corrected chi connectivity index (χ1v) is 17.5. The number of para-hydroxylation sites is 1. The van der Waals surface area contributed by atoms with Crippen LogP contribution in [-0.4, -0.2) is 85.4 Å². The lowest BCUT2D eigenvalue weighted by Crippen LogP contribution is -2.64. The highest BCUT2D eigenvalue weighted by atomic mass is 16.5. The van der Waals surface area contributed by atoms with Crippen molar-refractivity contribution in [2.24, 2.45) is 5.92 Å². The molecule has 248 valence electrons. The number of carbonyl (C=O) groups excluding carboxylic acids is 1. The molecule has 1 N–H and O–H groups in total. The van der Waals surface area contributed by atoms with E-state index in [4.69, 9.17) is 9.47 Å². The molecule has 7 nitrogen and oxygen atoms in total. The Balaban J connectivity index is 0.000000150. The van der Waals surface area contributed by atoms with E-state index < -0.39 is 6.10 Å².